The topological polar surface area (TPSA) is 69.6 Å². The van der Waals surface area contributed by atoms with Crippen molar-refractivity contribution in [3.8, 4) is 5.75 Å². The van der Waals surface area contributed by atoms with Gasteiger partial charge in [-0.05, 0) is 29.7 Å². The molecule has 0 spiro atoms. The van der Waals surface area contributed by atoms with Crippen LogP contribution in [0.15, 0.2) is 36.4 Å². The lowest BCUT2D eigenvalue weighted by Crippen LogP contribution is -2.26. The molecule has 2 aromatic rings. The minimum atomic E-state index is -0.453. The number of amides is 1. The fraction of sp³-hybridized carbons (Fsp3) is 0.188. The quantitative estimate of drug-likeness (QED) is 0.783. The molecule has 0 saturated carbocycles. The van der Waals surface area contributed by atoms with Gasteiger partial charge in [0.25, 0.3) is 5.91 Å². The first-order valence-corrected chi connectivity index (χ1v) is 7.41. The van der Waals surface area contributed by atoms with Crippen LogP contribution in [0.5, 0.6) is 5.75 Å². The lowest BCUT2D eigenvalue weighted by Gasteiger charge is -2.09. The van der Waals surface area contributed by atoms with Gasteiger partial charge in [0.1, 0.15) is 5.75 Å². The second kappa shape index (κ2) is 7.49. The summed E-state index contributed by atoms with van der Waals surface area (Å²) in [5.41, 5.74) is 1.89. The zero-order valence-electron chi connectivity index (χ0n) is 11.6. The molecule has 2 rings (SSSR count). The number of benzene rings is 2. The van der Waals surface area contributed by atoms with Gasteiger partial charge in [-0.1, -0.05) is 47.5 Å². The van der Waals surface area contributed by atoms with E-state index in [-0.39, 0.29) is 28.0 Å². The van der Waals surface area contributed by atoms with Gasteiger partial charge < -0.3 is 15.5 Å². The lowest BCUT2D eigenvalue weighted by molar-refractivity contribution is 0.0951. The van der Waals surface area contributed by atoms with Gasteiger partial charge in [-0.25, -0.2) is 0 Å². The molecule has 0 aliphatic rings. The number of aliphatic hydroxyl groups excluding tert-OH is 1. The Morgan fingerprint density at radius 1 is 1.09 bits per heavy atom. The molecule has 116 valence electrons. The van der Waals surface area contributed by atoms with Crippen LogP contribution in [0.2, 0.25) is 10.0 Å². The van der Waals surface area contributed by atoms with Crippen LogP contribution < -0.4 is 5.32 Å². The Bertz CT molecular complexity index is 649. The van der Waals surface area contributed by atoms with E-state index in [1.54, 1.807) is 0 Å². The predicted octanol–water partition coefficient (Wildman–Crippen LogP) is 3.16. The van der Waals surface area contributed by atoms with Gasteiger partial charge in [0.05, 0.1) is 17.2 Å². The van der Waals surface area contributed by atoms with E-state index in [0.29, 0.717) is 13.0 Å². The number of carbonyl (C=O) groups is 1. The van der Waals surface area contributed by atoms with Crippen molar-refractivity contribution in [2.45, 2.75) is 13.0 Å². The molecule has 4 nitrogen and oxygen atoms in total. The number of aliphatic hydroxyl groups is 1. The summed E-state index contributed by atoms with van der Waals surface area (Å²) in [7, 11) is 0. The number of nitrogens with one attached hydrogen (secondary N) is 1. The van der Waals surface area contributed by atoms with Crippen LogP contribution in [0.25, 0.3) is 0 Å². The van der Waals surface area contributed by atoms with Gasteiger partial charge in [0.2, 0.25) is 0 Å². The molecular weight excluding hydrogens is 325 g/mol. The molecule has 0 heterocycles. The first-order valence-electron chi connectivity index (χ1n) is 6.66. The minimum absolute atomic E-state index is 0.00532. The maximum absolute atomic E-state index is 12.1. The summed E-state index contributed by atoms with van der Waals surface area (Å²) in [5, 5.41) is 21.8. The molecule has 0 saturated heterocycles. The molecule has 0 atom stereocenters. The number of halogens is 2. The van der Waals surface area contributed by atoms with Crippen LogP contribution in [0.1, 0.15) is 21.5 Å². The molecule has 0 bridgehead atoms. The highest BCUT2D eigenvalue weighted by molar-refractivity contribution is 6.37. The van der Waals surface area contributed by atoms with E-state index in [1.807, 2.05) is 24.3 Å². The molecule has 1 amide bonds. The molecule has 22 heavy (non-hydrogen) atoms. The molecule has 6 heteroatoms. The van der Waals surface area contributed by atoms with Gasteiger partial charge in [0.15, 0.2) is 0 Å². The Labute approximate surface area is 138 Å². The third-order valence-electron chi connectivity index (χ3n) is 3.17. The van der Waals surface area contributed by atoms with Gasteiger partial charge >= 0.3 is 0 Å². The van der Waals surface area contributed by atoms with Gasteiger partial charge in [0, 0.05) is 11.6 Å². The highest BCUT2D eigenvalue weighted by Crippen LogP contribution is 2.29. The van der Waals surface area contributed by atoms with E-state index in [2.05, 4.69) is 5.32 Å². The van der Waals surface area contributed by atoms with E-state index in [1.165, 1.54) is 12.1 Å². The molecule has 0 aliphatic heterocycles. The number of hydrogen-bond acceptors (Lipinski definition) is 3. The van der Waals surface area contributed by atoms with E-state index in [9.17, 15) is 9.90 Å². The summed E-state index contributed by atoms with van der Waals surface area (Å²) in [5.74, 6) is -0.701. The highest BCUT2D eigenvalue weighted by Gasteiger charge is 2.16. The predicted molar refractivity (Wildman–Crippen MR) is 86.5 cm³/mol. The second-order valence-corrected chi connectivity index (χ2v) is 5.61. The maximum atomic E-state index is 12.1. The first-order chi connectivity index (χ1) is 10.5. The van der Waals surface area contributed by atoms with E-state index < -0.39 is 5.91 Å². The summed E-state index contributed by atoms with van der Waals surface area (Å²) >= 11 is 11.7. The van der Waals surface area contributed by atoms with Crippen molar-refractivity contribution in [1.82, 2.24) is 5.32 Å². The molecular formula is C16H15Cl2NO3. The average Bonchev–Trinajstić information content (AvgIpc) is 2.47. The Kier molecular flexibility index (Phi) is 5.66. The third-order valence-corrected chi connectivity index (χ3v) is 3.68. The molecule has 0 radical (unpaired) electrons. The first kappa shape index (κ1) is 16.6. The van der Waals surface area contributed by atoms with Crippen LogP contribution in [0.3, 0.4) is 0 Å². The van der Waals surface area contributed by atoms with E-state index in [4.69, 9.17) is 28.3 Å². The van der Waals surface area contributed by atoms with Crippen LogP contribution in [0, 0.1) is 0 Å². The number of rotatable bonds is 5. The van der Waals surface area contributed by atoms with Crippen molar-refractivity contribution < 1.29 is 15.0 Å². The van der Waals surface area contributed by atoms with Crippen molar-refractivity contribution in [3.63, 3.8) is 0 Å². The smallest absolute Gasteiger partial charge is 0.256 e. The highest BCUT2D eigenvalue weighted by atomic mass is 35.5. The largest absolute Gasteiger partial charge is 0.507 e. The Hall–Kier alpha value is -1.75. The zero-order valence-corrected chi connectivity index (χ0v) is 13.2. The van der Waals surface area contributed by atoms with Crippen molar-refractivity contribution in [2.24, 2.45) is 0 Å². The fourth-order valence-corrected chi connectivity index (χ4v) is 2.57. The number of hydrogen-bond donors (Lipinski definition) is 3. The molecule has 0 unspecified atom stereocenters. The Balaban J connectivity index is 1.95. The number of phenols is 1. The monoisotopic (exact) mass is 339 g/mol. The zero-order chi connectivity index (χ0) is 16.1. The summed E-state index contributed by atoms with van der Waals surface area (Å²) in [4.78, 5) is 12.1. The van der Waals surface area contributed by atoms with Crippen molar-refractivity contribution >= 4 is 29.1 Å². The number of phenolic OH excluding ortho intramolecular Hbond substituents is 1. The van der Waals surface area contributed by atoms with Crippen LogP contribution in [-0.4, -0.2) is 22.7 Å². The number of carbonyl (C=O) groups excluding carboxylic acids is 1. The average molecular weight is 340 g/mol. The summed E-state index contributed by atoms with van der Waals surface area (Å²) in [6.07, 6.45) is 0.628. The normalized spacial score (nSPS) is 10.5. The van der Waals surface area contributed by atoms with Crippen molar-refractivity contribution in [2.75, 3.05) is 6.54 Å². The molecule has 0 fully saturated rings. The van der Waals surface area contributed by atoms with Gasteiger partial charge in [-0.15, -0.1) is 0 Å². The molecule has 0 aliphatic carbocycles. The van der Waals surface area contributed by atoms with E-state index >= 15 is 0 Å². The maximum Gasteiger partial charge on any atom is 0.256 e. The third kappa shape index (κ3) is 4.13. The minimum Gasteiger partial charge on any atom is -0.507 e. The fourth-order valence-electron chi connectivity index (χ4n) is 2.00. The Morgan fingerprint density at radius 3 is 2.32 bits per heavy atom. The van der Waals surface area contributed by atoms with Crippen LogP contribution in [-0.2, 0) is 13.0 Å². The molecule has 2 aromatic carbocycles. The van der Waals surface area contributed by atoms with Crippen molar-refractivity contribution in [3.05, 3.63) is 63.1 Å². The summed E-state index contributed by atoms with van der Waals surface area (Å²) < 4.78 is 0. The molecule has 3 N–H and O–H groups in total. The SMILES string of the molecule is O=C(NCCc1ccc(CO)cc1)c1c(O)cc(Cl)cc1Cl. The standard InChI is InChI=1S/C16H15Cl2NO3/c17-12-7-13(18)15(14(21)8-12)16(22)19-6-5-10-1-3-11(9-20)4-2-10/h1-4,7-8,20-21H,5-6,9H2,(H,19,22). The van der Waals surface area contributed by atoms with Crippen LogP contribution >= 0.6 is 23.2 Å². The Morgan fingerprint density at radius 2 is 1.73 bits per heavy atom. The summed E-state index contributed by atoms with van der Waals surface area (Å²) in [6, 6.07) is 10.1. The molecule has 0 aromatic heterocycles. The lowest BCUT2D eigenvalue weighted by atomic mass is 10.1. The summed E-state index contributed by atoms with van der Waals surface area (Å²) in [6.45, 7) is 0.404. The number of aromatic hydroxyl groups is 1. The van der Waals surface area contributed by atoms with Crippen LogP contribution in [0.4, 0.5) is 0 Å². The van der Waals surface area contributed by atoms with Gasteiger partial charge in [-0.3, -0.25) is 4.79 Å². The van der Waals surface area contributed by atoms with Gasteiger partial charge in [-0.2, -0.15) is 0 Å². The van der Waals surface area contributed by atoms with Crippen molar-refractivity contribution in [1.29, 1.82) is 0 Å². The van der Waals surface area contributed by atoms with E-state index in [0.717, 1.165) is 11.1 Å². The second-order valence-electron chi connectivity index (χ2n) is 4.76.